The molecule has 0 heterocycles. The molecule has 0 aliphatic rings. The lowest BCUT2D eigenvalue weighted by Crippen LogP contribution is -2.18. The van der Waals surface area contributed by atoms with Crippen LogP contribution in [-0.2, 0) is 14.3 Å². The van der Waals surface area contributed by atoms with Gasteiger partial charge in [-0.25, -0.2) is 4.79 Å². The number of benzene rings is 1. The van der Waals surface area contributed by atoms with Gasteiger partial charge < -0.3 is 14.6 Å². The summed E-state index contributed by atoms with van der Waals surface area (Å²) in [5, 5.41) is 9.92. The summed E-state index contributed by atoms with van der Waals surface area (Å²) in [4.78, 5) is 22.4. The van der Waals surface area contributed by atoms with Crippen molar-refractivity contribution >= 4 is 12.3 Å². The lowest BCUT2D eigenvalue weighted by Gasteiger charge is -2.14. The average molecular weight is 262 g/mol. The van der Waals surface area contributed by atoms with Gasteiger partial charge in [0.1, 0.15) is 6.29 Å². The number of hydrogen-bond acceptors (Lipinski definition) is 4. The molecule has 1 unspecified atom stereocenters. The Bertz CT molecular complexity index is 437. The Labute approximate surface area is 112 Å². The second kappa shape index (κ2) is 7.48. The molecule has 0 aromatic heterocycles. The molecular weight excluding hydrogens is 244 g/mol. The molecule has 0 bridgehead atoms. The molecule has 4 nitrogen and oxygen atoms in total. The van der Waals surface area contributed by atoms with Crippen molar-refractivity contribution < 1.29 is 19.4 Å². The van der Waals surface area contributed by atoms with Crippen molar-refractivity contribution in [3.63, 3.8) is 0 Å². The molecule has 19 heavy (non-hydrogen) atoms. The van der Waals surface area contributed by atoms with Crippen LogP contribution in [0.3, 0.4) is 0 Å². The average Bonchev–Trinajstić information content (AvgIpc) is 2.38. The second-order valence-electron chi connectivity index (χ2n) is 4.41. The Morgan fingerprint density at radius 1 is 1.26 bits per heavy atom. The maximum atomic E-state index is 11.3. The van der Waals surface area contributed by atoms with Crippen LogP contribution >= 0.6 is 0 Å². The third-order valence-electron chi connectivity index (χ3n) is 2.48. The molecular formula is C15H18O4. The van der Waals surface area contributed by atoms with E-state index in [-0.39, 0.29) is 6.10 Å². The van der Waals surface area contributed by atoms with Crippen molar-refractivity contribution in [3.05, 3.63) is 48.0 Å². The Hall–Kier alpha value is -1.94. The summed E-state index contributed by atoms with van der Waals surface area (Å²) < 4.78 is 4.89. The Kier molecular flexibility index (Phi) is 5.96. The molecule has 0 saturated heterocycles. The van der Waals surface area contributed by atoms with E-state index >= 15 is 0 Å². The molecule has 0 aliphatic carbocycles. The smallest absolute Gasteiger partial charge is 0.330 e. The van der Waals surface area contributed by atoms with Crippen molar-refractivity contribution in [2.75, 3.05) is 0 Å². The van der Waals surface area contributed by atoms with Gasteiger partial charge in [-0.3, -0.25) is 0 Å². The highest BCUT2D eigenvalue weighted by Gasteiger charge is 2.18. The zero-order chi connectivity index (χ0) is 14.3. The summed E-state index contributed by atoms with van der Waals surface area (Å²) in [6, 6.07) is 8.91. The standard InChI is InChI=1S/C15H18O4/c1-11(2)19-15(18)9-8-14(17)13(10-16)12-6-4-3-5-7-12/h3-11,13-14,17H,1-2H3/b9-8+/t13?,14-/m0/s1. The van der Waals surface area contributed by atoms with Crippen LogP contribution in [-0.4, -0.2) is 29.6 Å². The van der Waals surface area contributed by atoms with Crippen LogP contribution in [0.5, 0.6) is 0 Å². The third-order valence-corrected chi connectivity index (χ3v) is 2.48. The molecule has 102 valence electrons. The molecule has 0 aliphatic heterocycles. The van der Waals surface area contributed by atoms with E-state index < -0.39 is 18.0 Å². The van der Waals surface area contributed by atoms with Crippen LogP contribution in [0.15, 0.2) is 42.5 Å². The predicted molar refractivity (Wildman–Crippen MR) is 71.6 cm³/mol. The predicted octanol–water partition coefficient (Wildman–Crippen LogP) is 1.84. The van der Waals surface area contributed by atoms with Crippen LogP contribution in [0.1, 0.15) is 25.3 Å². The fourth-order valence-corrected chi connectivity index (χ4v) is 1.60. The minimum absolute atomic E-state index is 0.217. The number of esters is 1. The summed E-state index contributed by atoms with van der Waals surface area (Å²) in [5.74, 6) is -1.23. The van der Waals surface area contributed by atoms with Gasteiger partial charge in [0.15, 0.2) is 0 Å². The summed E-state index contributed by atoms with van der Waals surface area (Å²) in [6.45, 7) is 3.47. The largest absolute Gasteiger partial charge is 0.460 e. The minimum Gasteiger partial charge on any atom is -0.460 e. The lowest BCUT2D eigenvalue weighted by molar-refractivity contribution is -0.141. The number of aliphatic hydroxyl groups is 1. The van der Waals surface area contributed by atoms with E-state index in [1.54, 1.807) is 38.1 Å². The maximum Gasteiger partial charge on any atom is 0.330 e. The van der Waals surface area contributed by atoms with Gasteiger partial charge in [0.25, 0.3) is 0 Å². The molecule has 1 N–H and O–H groups in total. The first-order valence-corrected chi connectivity index (χ1v) is 6.11. The SMILES string of the molecule is CC(C)OC(=O)/C=C/[C@H](O)C(C=O)c1ccccc1. The lowest BCUT2D eigenvalue weighted by atomic mass is 9.94. The molecule has 0 saturated carbocycles. The van der Waals surface area contributed by atoms with Crippen molar-refractivity contribution in [3.8, 4) is 0 Å². The van der Waals surface area contributed by atoms with E-state index in [0.717, 1.165) is 6.08 Å². The van der Waals surface area contributed by atoms with E-state index in [4.69, 9.17) is 4.74 Å². The van der Waals surface area contributed by atoms with Gasteiger partial charge in [-0.05, 0) is 25.5 Å². The van der Waals surface area contributed by atoms with Gasteiger partial charge in [-0.1, -0.05) is 30.3 Å². The number of rotatable bonds is 6. The first kappa shape index (κ1) is 15.1. The van der Waals surface area contributed by atoms with E-state index in [0.29, 0.717) is 11.8 Å². The number of carbonyl (C=O) groups is 2. The molecule has 1 rings (SSSR count). The van der Waals surface area contributed by atoms with Crippen molar-refractivity contribution in [1.29, 1.82) is 0 Å². The highest BCUT2D eigenvalue weighted by Crippen LogP contribution is 2.18. The minimum atomic E-state index is -1.06. The van der Waals surface area contributed by atoms with Gasteiger partial charge >= 0.3 is 5.97 Å². The maximum absolute atomic E-state index is 11.3. The van der Waals surface area contributed by atoms with Gasteiger partial charge in [-0.15, -0.1) is 0 Å². The van der Waals surface area contributed by atoms with E-state index in [9.17, 15) is 14.7 Å². The zero-order valence-corrected chi connectivity index (χ0v) is 11.0. The fraction of sp³-hybridized carbons (Fsp3) is 0.333. The quantitative estimate of drug-likeness (QED) is 0.482. The van der Waals surface area contributed by atoms with Crippen molar-refractivity contribution in [1.82, 2.24) is 0 Å². The second-order valence-corrected chi connectivity index (χ2v) is 4.41. The Morgan fingerprint density at radius 2 is 1.89 bits per heavy atom. The van der Waals surface area contributed by atoms with Crippen LogP contribution in [0, 0.1) is 0 Å². The first-order valence-electron chi connectivity index (χ1n) is 6.11. The van der Waals surface area contributed by atoms with E-state index in [1.807, 2.05) is 6.07 Å². The van der Waals surface area contributed by atoms with Crippen LogP contribution in [0.2, 0.25) is 0 Å². The Balaban J connectivity index is 2.70. The fourth-order valence-electron chi connectivity index (χ4n) is 1.60. The molecule has 0 amide bonds. The van der Waals surface area contributed by atoms with Gasteiger partial charge in [-0.2, -0.15) is 0 Å². The summed E-state index contributed by atoms with van der Waals surface area (Å²) in [6.07, 6.45) is 1.81. The van der Waals surface area contributed by atoms with Crippen LogP contribution in [0.4, 0.5) is 0 Å². The number of aldehydes is 1. The molecule has 1 aromatic rings. The van der Waals surface area contributed by atoms with Gasteiger partial charge in [0.2, 0.25) is 0 Å². The normalized spacial score (nSPS) is 14.3. The topological polar surface area (TPSA) is 63.6 Å². The molecule has 0 radical (unpaired) electrons. The van der Waals surface area contributed by atoms with Gasteiger partial charge in [0, 0.05) is 6.08 Å². The molecule has 2 atom stereocenters. The molecule has 1 aromatic carbocycles. The first-order chi connectivity index (χ1) is 9.04. The summed E-state index contributed by atoms with van der Waals surface area (Å²) in [7, 11) is 0. The van der Waals surface area contributed by atoms with Crippen LogP contribution < -0.4 is 0 Å². The third kappa shape index (κ3) is 5.06. The van der Waals surface area contributed by atoms with E-state index in [2.05, 4.69) is 0 Å². The Morgan fingerprint density at radius 3 is 2.42 bits per heavy atom. The number of carbonyl (C=O) groups excluding carboxylic acids is 2. The number of hydrogen-bond donors (Lipinski definition) is 1. The zero-order valence-electron chi connectivity index (χ0n) is 11.0. The van der Waals surface area contributed by atoms with E-state index in [1.165, 1.54) is 6.08 Å². The monoisotopic (exact) mass is 262 g/mol. The molecule has 4 heteroatoms. The number of aliphatic hydroxyl groups excluding tert-OH is 1. The summed E-state index contributed by atoms with van der Waals surface area (Å²) >= 11 is 0. The molecule has 0 fully saturated rings. The summed E-state index contributed by atoms with van der Waals surface area (Å²) in [5.41, 5.74) is 0.701. The van der Waals surface area contributed by atoms with Crippen molar-refractivity contribution in [2.45, 2.75) is 32.0 Å². The van der Waals surface area contributed by atoms with Gasteiger partial charge in [0.05, 0.1) is 18.1 Å². The highest BCUT2D eigenvalue weighted by molar-refractivity contribution is 5.82. The molecule has 0 spiro atoms. The number of ether oxygens (including phenoxy) is 1. The van der Waals surface area contributed by atoms with Crippen LogP contribution in [0.25, 0.3) is 0 Å². The highest BCUT2D eigenvalue weighted by atomic mass is 16.5. The van der Waals surface area contributed by atoms with Crippen molar-refractivity contribution in [2.24, 2.45) is 0 Å².